The minimum atomic E-state index is 0.590. The Morgan fingerprint density at radius 2 is 1.47 bits per heavy atom. The molecule has 0 aliphatic rings. The van der Waals surface area contributed by atoms with Gasteiger partial charge in [0.05, 0.1) is 5.02 Å². The Balaban J connectivity index is 2.40. The molecular formula is C15H9ClO. The second-order valence-corrected chi connectivity index (χ2v) is 3.84. The Hall–Kier alpha value is -2.04. The molecule has 0 fully saturated rings. The van der Waals surface area contributed by atoms with Gasteiger partial charge in [-0.1, -0.05) is 53.8 Å². The molecule has 0 bridgehead atoms. The molecule has 0 atom stereocenters. The summed E-state index contributed by atoms with van der Waals surface area (Å²) < 4.78 is 0. The zero-order chi connectivity index (χ0) is 12.1. The zero-order valence-electron chi connectivity index (χ0n) is 8.98. The van der Waals surface area contributed by atoms with Crippen LogP contribution in [-0.4, -0.2) is 6.29 Å². The smallest absolute Gasteiger partial charge is 0.151 e. The predicted molar refractivity (Wildman–Crippen MR) is 69.3 cm³/mol. The summed E-state index contributed by atoms with van der Waals surface area (Å²) in [5.41, 5.74) is 2.06. The quantitative estimate of drug-likeness (QED) is 0.550. The third-order valence-corrected chi connectivity index (χ3v) is 2.62. The van der Waals surface area contributed by atoms with E-state index >= 15 is 0 Å². The summed E-state index contributed by atoms with van der Waals surface area (Å²) >= 11 is 5.99. The van der Waals surface area contributed by atoms with E-state index in [4.69, 9.17) is 11.6 Å². The molecule has 0 amide bonds. The maximum Gasteiger partial charge on any atom is 0.151 e. The monoisotopic (exact) mass is 240 g/mol. The first-order valence-electron chi connectivity index (χ1n) is 5.12. The van der Waals surface area contributed by atoms with Crippen LogP contribution in [0.2, 0.25) is 5.02 Å². The number of rotatable bonds is 1. The lowest BCUT2D eigenvalue weighted by Gasteiger charge is -1.95. The van der Waals surface area contributed by atoms with Crippen LogP contribution in [0.25, 0.3) is 0 Å². The Kier molecular flexibility index (Phi) is 3.59. The summed E-state index contributed by atoms with van der Waals surface area (Å²) in [6.07, 6.45) is 0.802. The van der Waals surface area contributed by atoms with Gasteiger partial charge in [-0.15, -0.1) is 0 Å². The van der Waals surface area contributed by atoms with Gasteiger partial charge in [-0.2, -0.15) is 0 Å². The van der Waals surface area contributed by atoms with E-state index in [0.29, 0.717) is 16.1 Å². The highest BCUT2D eigenvalue weighted by Gasteiger charge is 1.97. The third-order valence-electron chi connectivity index (χ3n) is 2.29. The van der Waals surface area contributed by atoms with Crippen LogP contribution in [-0.2, 0) is 0 Å². The second-order valence-electron chi connectivity index (χ2n) is 3.43. The van der Waals surface area contributed by atoms with E-state index in [1.807, 2.05) is 36.4 Å². The van der Waals surface area contributed by atoms with Gasteiger partial charge in [0.25, 0.3) is 0 Å². The highest BCUT2D eigenvalue weighted by molar-refractivity contribution is 6.31. The number of carbonyl (C=O) groups excluding carboxylic acids is 1. The first kappa shape index (κ1) is 11.4. The normalized spacial score (nSPS) is 9.24. The van der Waals surface area contributed by atoms with Gasteiger partial charge in [0.15, 0.2) is 6.29 Å². The van der Waals surface area contributed by atoms with Crippen LogP contribution in [0.15, 0.2) is 48.5 Å². The van der Waals surface area contributed by atoms with Crippen LogP contribution in [0, 0.1) is 11.8 Å². The van der Waals surface area contributed by atoms with Crippen molar-refractivity contribution in [1.82, 2.24) is 0 Å². The molecule has 82 valence electrons. The van der Waals surface area contributed by atoms with Crippen LogP contribution < -0.4 is 0 Å². The van der Waals surface area contributed by atoms with Crippen LogP contribution in [0.1, 0.15) is 21.5 Å². The number of carbonyl (C=O) groups is 1. The van der Waals surface area contributed by atoms with Crippen molar-refractivity contribution in [1.29, 1.82) is 0 Å². The van der Waals surface area contributed by atoms with Crippen LogP contribution in [0.3, 0.4) is 0 Å². The van der Waals surface area contributed by atoms with Crippen LogP contribution in [0.4, 0.5) is 0 Å². The molecule has 1 nitrogen and oxygen atoms in total. The molecule has 0 aromatic heterocycles. The van der Waals surface area contributed by atoms with Crippen molar-refractivity contribution < 1.29 is 4.79 Å². The van der Waals surface area contributed by atoms with Crippen molar-refractivity contribution in [2.24, 2.45) is 0 Å². The number of hydrogen-bond acceptors (Lipinski definition) is 1. The minimum Gasteiger partial charge on any atom is -0.298 e. The average molecular weight is 241 g/mol. The van der Waals surface area contributed by atoms with Crippen molar-refractivity contribution in [3.63, 3.8) is 0 Å². The first-order chi connectivity index (χ1) is 8.31. The predicted octanol–water partition coefficient (Wildman–Crippen LogP) is 3.55. The summed E-state index contributed by atoms with van der Waals surface area (Å²) in [5, 5.41) is 0.614. The molecule has 0 aliphatic heterocycles. The highest BCUT2D eigenvalue weighted by Crippen LogP contribution is 2.13. The highest BCUT2D eigenvalue weighted by atomic mass is 35.5. The molecule has 0 N–H and O–H groups in total. The number of aldehydes is 1. The minimum absolute atomic E-state index is 0.590. The largest absolute Gasteiger partial charge is 0.298 e. The summed E-state index contributed by atoms with van der Waals surface area (Å²) in [5.74, 6) is 5.92. The molecule has 0 aliphatic carbocycles. The molecule has 0 saturated heterocycles. The van der Waals surface area contributed by atoms with E-state index in [1.54, 1.807) is 12.1 Å². The first-order valence-corrected chi connectivity index (χ1v) is 5.50. The molecule has 0 spiro atoms. The molecular weight excluding hydrogens is 232 g/mol. The summed E-state index contributed by atoms with van der Waals surface area (Å²) in [6, 6.07) is 14.6. The molecule has 2 heteroatoms. The SMILES string of the molecule is O=Cc1ccccc1C#Cc1ccccc1Cl. The number of hydrogen-bond donors (Lipinski definition) is 0. The zero-order valence-corrected chi connectivity index (χ0v) is 9.74. The van der Waals surface area contributed by atoms with Crippen molar-refractivity contribution in [3.8, 4) is 11.8 Å². The topological polar surface area (TPSA) is 17.1 Å². The summed E-state index contributed by atoms with van der Waals surface area (Å²) in [4.78, 5) is 10.8. The number of benzene rings is 2. The molecule has 0 unspecified atom stereocenters. The molecule has 17 heavy (non-hydrogen) atoms. The van der Waals surface area contributed by atoms with Gasteiger partial charge in [-0.05, 0) is 18.2 Å². The van der Waals surface area contributed by atoms with Crippen molar-refractivity contribution in [3.05, 3.63) is 70.2 Å². The van der Waals surface area contributed by atoms with Crippen molar-refractivity contribution in [2.45, 2.75) is 0 Å². The van der Waals surface area contributed by atoms with Gasteiger partial charge < -0.3 is 0 Å². The van der Waals surface area contributed by atoms with E-state index in [2.05, 4.69) is 11.8 Å². The van der Waals surface area contributed by atoms with Crippen LogP contribution >= 0.6 is 11.6 Å². The van der Waals surface area contributed by atoms with E-state index in [9.17, 15) is 4.79 Å². The van der Waals surface area contributed by atoms with E-state index < -0.39 is 0 Å². The molecule has 2 rings (SSSR count). The van der Waals surface area contributed by atoms with E-state index in [1.165, 1.54) is 0 Å². The maximum atomic E-state index is 10.8. The number of halogens is 1. The lowest BCUT2D eigenvalue weighted by molar-refractivity contribution is 0.112. The Bertz CT molecular complexity index is 606. The van der Waals surface area contributed by atoms with Gasteiger partial charge in [0, 0.05) is 16.7 Å². The van der Waals surface area contributed by atoms with Crippen molar-refractivity contribution >= 4 is 17.9 Å². The fourth-order valence-corrected chi connectivity index (χ4v) is 1.59. The lowest BCUT2D eigenvalue weighted by Crippen LogP contribution is -1.85. The molecule has 2 aromatic rings. The van der Waals surface area contributed by atoms with Crippen molar-refractivity contribution in [2.75, 3.05) is 0 Å². The molecule has 0 heterocycles. The standard InChI is InChI=1S/C15H9ClO/c16-15-8-4-3-6-13(15)10-9-12-5-1-2-7-14(12)11-17/h1-8,11H. The fourth-order valence-electron chi connectivity index (χ4n) is 1.41. The van der Waals surface area contributed by atoms with Gasteiger partial charge in [-0.25, -0.2) is 0 Å². The summed E-state index contributed by atoms with van der Waals surface area (Å²) in [7, 11) is 0. The van der Waals surface area contributed by atoms with Gasteiger partial charge in [0.1, 0.15) is 0 Å². The molecule has 0 radical (unpaired) electrons. The lowest BCUT2D eigenvalue weighted by atomic mass is 10.1. The molecule has 2 aromatic carbocycles. The second kappa shape index (κ2) is 5.34. The van der Waals surface area contributed by atoms with Gasteiger partial charge >= 0.3 is 0 Å². The van der Waals surface area contributed by atoms with Gasteiger partial charge in [-0.3, -0.25) is 4.79 Å². The van der Waals surface area contributed by atoms with E-state index in [0.717, 1.165) is 11.8 Å². The Labute approximate surface area is 105 Å². The maximum absolute atomic E-state index is 10.8. The average Bonchev–Trinajstić information content (AvgIpc) is 2.38. The Morgan fingerprint density at radius 1 is 0.882 bits per heavy atom. The van der Waals surface area contributed by atoms with E-state index in [-0.39, 0.29) is 0 Å². The van der Waals surface area contributed by atoms with Crippen LogP contribution in [0.5, 0.6) is 0 Å². The summed E-state index contributed by atoms with van der Waals surface area (Å²) in [6.45, 7) is 0. The molecule has 0 saturated carbocycles. The third kappa shape index (κ3) is 2.75. The fraction of sp³-hybridized carbons (Fsp3) is 0. The van der Waals surface area contributed by atoms with Gasteiger partial charge in [0.2, 0.25) is 0 Å². The Morgan fingerprint density at radius 3 is 2.18 bits per heavy atom.